The Bertz CT molecular complexity index is 526. The van der Waals surface area contributed by atoms with Crippen molar-refractivity contribution in [3.63, 3.8) is 0 Å². The minimum atomic E-state index is 0.651. The SMILES string of the molecule is Cc1ccc(-c2n[nH]c(C)c2CCN)c(C)c1. The molecule has 1 aromatic carbocycles. The number of rotatable bonds is 3. The molecule has 2 aromatic rings. The molecule has 0 unspecified atom stereocenters. The Balaban J connectivity index is 2.52. The summed E-state index contributed by atoms with van der Waals surface area (Å²) in [4.78, 5) is 0. The van der Waals surface area contributed by atoms with Gasteiger partial charge in [-0.25, -0.2) is 0 Å². The molecule has 0 atom stereocenters. The molecular formula is C14H19N3. The molecule has 1 aromatic heterocycles. The molecule has 0 amide bonds. The first-order valence-corrected chi connectivity index (χ1v) is 5.95. The number of hydrogen-bond donors (Lipinski definition) is 2. The summed E-state index contributed by atoms with van der Waals surface area (Å²) >= 11 is 0. The fourth-order valence-electron chi connectivity index (χ4n) is 2.20. The van der Waals surface area contributed by atoms with Crippen molar-refractivity contribution in [2.24, 2.45) is 5.73 Å². The van der Waals surface area contributed by atoms with E-state index in [1.54, 1.807) is 0 Å². The number of hydrogen-bond acceptors (Lipinski definition) is 2. The topological polar surface area (TPSA) is 54.7 Å². The second kappa shape index (κ2) is 4.72. The maximum Gasteiger partial charge on any atom is 0.0958 e. The number of aromatic amines is 1. The molecule has 0 spiro atoms. The van der Waals surface area contributed by atoms with Crippen molar-refractivity contribution in [2.75, 3.05) is 6.54 Å². The Labute approximate surface area is 102 Å². The molecule has 0 saturated heterocycles. The summed E-state index contributed by atoms with van der Waals surface area (Å²) in [5.74, 6) is 0. The summed E-state index contributed by atoms with van der Waals surface area (Å²) < 4.78 is 0. The zero-order valence-electron chi connectivity index (χ0n) is 10.7. The van der Waals surface area contributed by atoms with Crippen molar-refractivity contribution in [3.05, 3.63) is 40.6 Å². The standard InChI is InChI=1S/C14H19N3/c1-9-4-5-12(10(2)8-9)14-13(6-7-15)11(3)16-17-14/h4-5,8H,6-7,15H2,1-3H3,(H,16,17). The van der Waals surface area contributed by atoms with Crippen LogP contribution in [0.1, 0.15) is 22.4 Å². The molecule has 0 bridgehead atoms. The zero-order chi connectivity index (χ0) is 12.4. The van der Waals surface area contributed by atoms with Crippen LogP contribution in [-0.4, -0.2) is 16.7 Å². The average molecular weight is 229 g/mol. The monoisotopic (exact) mass is 229 g/mol. The quantitative estimate of drug-likeness (QED) is 0.849. The number of benzene rings is 1. The van der Waals surface area contributed by atoms with Gasteiger partial charge in [0.1, 0.15) is 0 Å². The van der Waals surface area contributed by atoms with Gasteiger partial charge in [-0.3, -0.25) is 5.10 Å². The number of nitrogens with zero attached hydrogens (tertiary/aromatic N) is 1. The van der Waals surface area contributed by atoms with Crippen molar-refractivity contribution < 1.29 is 0 Å². The number of aromatic nitrogens is 2. The first-order chi connectivity index (χ1) is 8.13. The van der Waals surface area contributed by atoms with Crippen LogP contribution in [0.2, 0.25) is 0 Å². The molecule has 17 heavy (non-hydrogen) atoms. The number of H-pyrrole nitrogens is 1. The number of nitrogens with two attached hydrogens (primary N) is 1. The van der Waals surface area contributed by atoms with Crippen LogP contribution in [0, 0.1) is 20.8 Å². The Hall–Kier alpha value is -1.61. The van der Waals surface area contributed by atoms with E-state index in [4.69, 9.17) is 5.73 Å². The van der Waals surface area contributed by atoms with E-state index in [1.165, 1.54) is 22.3 Å². The van der Waals surface area contributed by atoms with Gasteiger partial charge in [-0.2, -0.15) is 5.10 Å². The van der Waals surface area contributed by atoms with E-state index in [0.717, 1.165) is 17.8 Å². The van der Waals surface area contributed by atoms with Crippen molar-refractivity contribution in [2.45, 2.75) is 27.2 Å². The van der Waals surface area contributed by atoms with Crippen molar-refractivity contribution in [1.29, 1.82) is 0 Å². The fraction of sp³-hybridized carbons (Fsp3) is 0.357. The van der Waals surface area contributed by atoms with E-state index >= 15 is 0 Å². The van der Waals surface area contributed by atoms with E-state index in [9.17, 15) is 0 Å². The van der Waals surface area contributed by atoms with Crippen LogP contribution < -0.4 is 5.73 Å². The van der Waals surface area contributed by atoms with Gasteiger partial charge in [-0.1, -0.05) is 23.8 Å². The molecular weight excluding hydrogens is 210 g/mol. The fourth-order valence-corrected chi connectivity index (χ4v) is 2.20. The van der Waals surface area contributed by atoms with E-state index < -0.39 is 0 Å². The van der Waals surface area contributed by atoms with Crippen LogP contribution in [0.25, 0.3) is 11.3 Å². The lowest BCUT2D eigenvalue weighted by atomic mass is 9.98. The minimum absolute atomic E-state index is 0.651. The lowest BCUT2D eigenvalue weighted by Crippen LogP contribution is -2.04. The minimum Gasteiger partial charge on any atom is -0.330 e. The van der Waals surface area contributed by atoms with E-state index in [2.05, 4.69) is 42.2 Å². The summed E-state index contributed by atoms with van der Waals surface area (Å²) in [6, 6.07) is 6.45. The number of nitrogens with one attached hydrogen (secondary N) is 1. The molecule has 3 nitrogen and oxygen atoms in total. The predicted octanol–water partition coefficient (Wildman–Crippen LogP) is 2.50. The van der Waals surface area contributed by atoms with Crippen LogP contribution in [0.4, 0.5) is 0 Å². The normalized spacial score (nSPS) is 10.8. The highest BCUT2D eigenvalue weighted by Crippen LogP contribution is 2.27. The highest BCUT2D eigenvalue weighted by atomic mass is 15.1. The van der Waals surface area contributed by atoms with Gasteiger partial charge in [-0.15, -0.1) is 0 Å². The Morgan fingerprint density at radius 1 is 1.24 bits per heavy atom. The van der Waals surface area contributed by atoms with E-state index in [1.807, 2.05) is 6.92 Å². The highest BCUT2D eigenvalue weighted by Gasteiger charge is 2.13. The van der Waals surface area contributed by atoms with Crippen LogP contribution in [0.5, 0.6) is 0 Å². The van der Waals surface area contributed by atoms with Crippen LogP contribution in [-0.2, 0) is 6.42 Å². The first kappa shape index (κ1) is 11.9. The molecule has 0 aliphatic rings. The maximum atomic E-state index is 5.66. The lowest BCUT2D eigenvalue weighted by Gasteiger charge is -2.07. The van der Waals surface area contributed by atoms with E-state index in [0.29, 0.717) is 6.54 Å². The third kappa shape index (κ3) is 2.24. The largest absolute Gasteiger partial charge is 0.330 e. The second-order valence-electron chi connectivity index (χ2n) is 4.53. The molecule has 3 N–H and O–H groups in total. The first-order valence-electron chi connectivity index (χ1n) is 5.95. The molecule has 0 radical (unpaired) electrons. The maximum absolute atomic E-state index is 5.66. The van der Waals surface area contributed by atoms with Gasteiger partial charge in [-0.05, 0) is 39.3 Å². The van der Waals surface area contributed by atoms with E-state index in [-0.39, 0.29) is 0 Å². The van der Waals surface area contributed by atoms with Crippen molar-refractivity contribution >= 4 is 0 Å². The lowest BCUT2D eigenvalue weighted by molar-refractivity contribution is 0.957. The third-order valence-corrected chi connectivity index (χ3v) is 3.11. The van der Waals surface area contributed by atoms with Crippen LogP contribution in [0.15, 0.2) is 18.2 Å². The summed E-state index contributed by atoms with van der Waals surface area (Å²) in [6.07, 6.45) is 0.866. The Morgan fingerprint density at radius 3 is 2.65 bits per heavy atom. The van der Waals surface area contributed by atoms with Gasteiger partial charge >= 0.3 is 0 Å². The summed E-state index contributed by atoms with van der Waals surface area (Å²) in [7, 11) is 0. The smallest absolute Gasteiger partial charge is 0.0958 e. The molecule has 0 saturated carbocycles. The Morgan fingerprint density at radius 2 is 2.00 bits per heavy atom. The third-order valence-electron chi connectivity index (χ3n) is 3.11. The van der Waals surface area contributed by atoms with Gasteiger partial charge in [0.05, 0.1) is 5.69 Å². The second-order valence-corrected chi connectivity index (χ2v) is 4.53. The van der Waals surface area contributed by atoms with Crippen LogP contribution >= 0.6 is 0 Å². The molecule has 0 aliphatic heterocycles. The Kier molecular flexibility index (Phi) is 3.29. The molecule has 0 aliphatic carbocycles. The van der Waals surface area contributed by atoms with Crippen molar-refractivity contribution in [1.82, 2.24) is 10.2 Å². The molecule has 1 heterocycles. The zero-order valence-corrected chi connectivity index (χ0v) is 10.7. The van der Waals surface area contributed by atoms with Crippen LogP contribution in [0.3, 0.4) is 0 Å². The van der Waals surface area contributed by atoms with Gasteiger partial charge in [0.15, 0.2) is 0 Å². The number of aryl methyl sites for hydroxylation is 3. The van der Waals surface area contributed by atoms with Gasteiger partial charge in [0, 0.05) is 16.8 Å². The molecule has 0 fully saturated rings. The molecule has 90 valence electrons. The predicted molar refractivity (Wildman–Crippen MR) is 71.0 cm³/mol. The highest BCUT2D eigenvalue weighted by molar-refractivity contribution is 5.68. The molecule has 2 rings (SSSR count). The average Bonchev–Trinajstić information content (AvgIpc) is 2.62. The summed E-state index contributed by atoms with van der Waals surface area (Å²) in [5, 5.41) is 7.47. The summed E-state index contributed by atoms with van der Waals surface area (Å²) in [6.45, 7) is 6.93. The van der Waals surface area contributed by atoms with Gasteiger partial charge < -0.3 is 5.73 Å². The molecule has 3 heteroatoms. The summed E-state index contributed by atoms with van der Waals surface area (Å²) in [5.41, 5.74) is 12.8. The van der Waals surface area contributed by atoms with Gasteiger partial charge in [0.2, 0.25) is 0 Å². The van der Waals surface area contributed by atoms with Crippen molar-refractivity contribution in [3.8, 4) is 11.3 Å². The van der Waals surface area contributed by atoms with Gasteiger partial charge in [0.25, 0.3) is 0 Å².